The molecule has 0 heterocycles. The highest BCUT2D eigenvalue weighted by Gasteiger charge is 2.09. The lowest BCUT2D eigenvalue weighted by molar-refractivity contribution is 0.269. The van der Waals surface area contributed by atoms with Crippen molar-refractivity contribution in [2.24, 2.45) is 0 Å². The summed E-state index contributed by atoms with van der Waals surface area (Å²) in [5.41, 5.74) is 3.21. The molecule has 0 aromatic heterocycles. The second-order valence-corrected chi connectivity index (χ2v) is 5.52. The van der Waals surface area contributed by atoms with Crippen molar-refractivity contribution in [3.05, 3.63) is 28.8 Å². The zero-order valence-electron chi connectivity index (χ0n) is 11.4. The van der Waals surface area contributed by atoms with Gasteiger partial charge < -0.3 is 15.5 Å². The van der Waals surface area contributed by atoms with Gasteiger partial charge in [0, 0.05) is 30.5 Å². The summed E-state index contributed by atoms with van der Waals surface area (Å²) in [7, 11) is 0. The van der Waals surface area contributed by atoms with E-state index in [-0.39, 0.29) is 12.6 Å². The first kappa shape index (κ1) is 15.3. The van der Waals surface area contributed by atoms with Crippen LogP contribution >= 0.6 is 11.8 Å². The number of rotatable bonds is 7. The Kier molecular flexibility index (Phi) is 6.54. The van der Waals surface area contributed by atoms with E-state index in [1.54, 1.807) is 11.8 Å². The molecule has 102 valence electrons. The largest absolute Gasteiger partial charge is 0.508 e. The fourth-order valence-corrected chi connectivity index (χ4v) is 2.54. The van der Waals surface area contributed by atoms with Gasteiger partial charge in [-0.1, -0.05) is 6.07 Å². The van der Waals surface area contributed by atoms with Gasteiger partial charge in [0.25, 0.3) is 0 Å². The fraction of sp³-hybridized carbons (Fsp3) is 0.571. The number of aromatic hydroxyl groups is 1. The molecule has 3 nitrogen and oxygen atoms in total. The fourth-order valence-electron chi connectivity index (χ4n) is 1.86. The minimum Gasteiger partial charge on any atom is -0.508 e. The highest BCUT2D eigenvalue weighted by molar-refractivity contribution is 7.98. The minimum absolute atomic E-state index is 0.192. The van der Waals surface area contributed by atoms with Crippen molar-refractivity contribution in [2.45, 2.75) is 32.9 Å². The summed E-state index contributed by atoms with van der Waals surface area (Å²) >= 11 is 1.76. The number of aliphatic hydroxyl groups excluding tert-OH is 1. The number of phenols is 1. The standard InChI is InChI=1S/C14H23NO2S/c1-10-6-12(14(17)7-11(10)2)8-15-13(4-5-16)9-18-3/h6-7,13,15-17H,4-5,8-9H2,1-3H3. The van der Waals surface area contributed by atoms with Crippen LogP contribution in [0.25, 0.3) is 0 Å². The van der Waals surface area contributed by atoms with E-state index in [4.69, 9.17) is 5.11 Å². The van der Waals surface area contributed by atoms with Gasteiger partial charge in [0.05, 0.1) is 0 Å². The Morgan fingerprint density at radius 1 is 1.28 bits per heavy atom. The normalized spacial score (nSPS) is 12.7. The highest BCUT2D eigenvalue weighted by Crippen LogP contribution is 2.21. The summed E-state index contributed by atoms with van der Waals surface area (Å²) in [6, 6.07) is 4.11. The Hall–Kier alpha value is -0.710. The van der Waals surface area contributed by atoms with Crippen molar-refractivity contribution >= 4 is 11.8 Å². The number of phenolic OH excluding ortho intramolecular Hbond substituents is 1. The number of hydrogen-bond acceptors (Lipinski definition) is 4. The first-order chi connectivity index (χ1) is 8.58. The lowest BCUT2D eigenvalue weighted by atomic mass is 10.0. The number of benzene rings is 1. The molecule has 4 heteroatoms. The van der Waals surface area contributed by atoms with Crippen LogP contribution in [0.5, 0.6) is 5.75 Å². The van der Waals surface area contributed by atoms with Gasteiger partial charge in [0.15, 0.2) is 0 Å². The zero-order valence-corrected chi connectivity index (χ0v) is 12.2. The molecule has 0 bridgehead atoms. The third-order valence-corrected chi connectivity index (χ3v) is 3.86. The minimum atomic E-state index is 0.192. The molecule has 0 spiro atoms. The van der Waals surface area contributed by atoms with Gasteiger partial charge in [0.1, 0.15) is 5.75 Å². The quantitative estimate of drug-likeness (QED) is 0.710. The molecule has 0 saturated carbocycles. The molecule has 0 aliphatic rings. The van der Waals surface area contributed by atoms with Crippen LogP contribution in [0.15, 0.2) is 12.1 Å². The number of thioether (sulfide) groups is 1. The SMILES string of the molecule is CSCC(CCO)NCc1cc(C)c(C)cc1O. The summed E-state index contributed by atoms with van der Waals surface area (Å²) in [6.45, 7) is 4.87. The molecule has 1 atom stereocenters. The van der Waals surface area contributed by atoms with E-state index < -0.39 is 0 Å². The molecular weight excluding hydrogens is 246 g/mol. The van der Waals surface area contributed by atoms with E-state index in [1.165, 1.54) is 5.56 Å². The van der Waals surface area contributed by atoms with Gasteiger partial charge in [-0.3, -0.25) is 0 Å². The molecule has 0 aliphatic carbocycles. The van der Waals surface area contributed by atoms with Gasteiger partial charge in [0.2, 0.25) is 0 Å². The van der Waals surface area contributed by atoms with Crippen molar-refractivity contribution < 1.29 is 10.2 Å². The third-order valence-electron chi connectivity index (χ3n) is 3.12. The van der Waals surface area contributed by atoms with Crippen LogP contribution in [-0.2, 0) is 6.54 Å². The summed E-state index contributed by atoms with van der Waals surface area (Å²) in [5, 5.41) is 22.3. The predicted octanol–water partition coefficient (Wildman–Crippen LogP) is 2.21. The maximum Gasteiger partial charge on any atom is 0.120 e. The average molecular weight is 269 g/mol. The van der Waals surface area contributed by atoms with Gasteiger partial charge in [-0.25, -0.2) is 0 Å². The van der Waals surface area contributed by atoms with E-state index in [1.807, 2.05) is 26.0 Å². The summed E-state index contributed by atoms with van der Waals surface area (Å²) in [6.07, 6.45) is 2.80. The maximum absolute atomic E-state index is 9.89. The molecule has 0 radical (unpaired) electrons. The van der Waals surface area contributed by atoms with E-state index in [0.717, 1.165) is 23.3 Å². The van der Waals surface area contributed by atoms with Crippen LogP contribution in [0.3, 0.4) is 0 Å². The lowest BCUT2D eigenvalue weighted by Gasteiger charge is -2.17. The predicted molar refractivity (Wildman–Crippen MR) is 78.3 cm³/mol. The summed E-state index contributed by atoms with van der Waals surface area (Å²) in [5.74, 6) is 1.31. The summed E-state index contributed by atoms with van der Waals surface area (Å²) in [4.78, 5) is 0. The van der Waals surface area contributed by atoms with Crippen molar-refractivity contribution in [1.29, 1.82) is 0 Å². The Balaban J connectivity index is 2.64. The smallest absolute Gasteiger partial charge is 0.120 e. The van der Waals surface area contributed by atoms with Crippen LogP contribution in [0.4, 0.5) is 0 Å². The molecule has 0 aliphatic heterocycles. The highest BCUT2D eigenvalue weighted by atomic mass is 32.2. The van der Waals surface area contributed by atoms with Gasteiger partial charge >= 0.3 is 0 Å². The van der Waals surface area contributed by atoms with Gasteiger partial charge in [-0.15, -0.1) is 0 Å². The number of aryl methyl sites for hydroxylation is 2. The zero-order chi connectivity index (χ0) is 13.5. The van der Waals surface area contributed by atoms with Crippen LogP contribution in [0.2, 0.25) is 0 Å². The molecular formula is C14H23NO2S. The second kappa shape index (κ2) is 7.67. The van der Waals surface area contributed by atoms with E-state index in [2.05, 4.69) is 11.6 Å². The Morgan fingerprint density at radius 2 is 1.94 bits per heavy atom. The topological polar surface area (TPSA) is 52.5 Å². The molecule has 1 aromatic rings. The van der Waals surface area contributed by atoms with Crippen LogP contribution in [0.1, 0.15) is 23.1 Å². The van der Waals surface area contributed by atoms with E-state index in [0.29, 0.717) is 12.3 Å². The maximum atomic E-state index is 9.89. The van der Waals surface area contributed by atoms with E-state index in [9.17, 15) is 5.11 Å². The monoisotopic (exact) mass is 269 g/mol. The Labute approximate surface area is 114 Å². The number of nitrogens with one attached hydrogen (secondary N) is 1. The number of aliphatic hydroxyl groups is 1. The molecule has 1 unspecified atom stereocenters. The van der Waals surface area contributed by atoms with Gasteiger partial charge in [-0.05, 0) is 43.7 Å². The number of hydrogen-bond donors (Lipinski definition) is 3. The molecule has 18 heavy (non-hydrogen) atoms. The Bertz CT molecular complexity index is 376. The molecule has 0 fully saturated rings. The van der Waals surface area contributed by atoms with Crippen LogP contribution in [0, 0.1) is 13.8 Å². The molecule has 0 saturated heterocycles. The van der Waals surface area contributed by atoms with E-state index >= 15 is 0 Å². The van der Waals surface area contributed by atoms with Crippen LogP contribution < -0.4 is 5.32 Å². The summed E-state index contributed by atoms with van der Waals surface area (Å²) < 4.78 is 0. The van der Waals surface area contributed by atoms with Crippen molar-refractivity contribution in [1.82, 2.24) is 5.32 Å². The van der Waals surface area contributed by atoms with Gasteiger partial charge in [-0.2, -0.15) is 11.8 Å². The van der Waals surface area contributed by atoms with Crippen molar-refractivity contribution in [3.8, 4) is 5.75 Å². The average Bonchev–Trinajstić information content (AvgIpc) is 2.32. The third kappa shape index (κ3) is 4.52. The lowest BCUT2D eigenvalue weighted by Crippen LogP contribution is -2.31. The molecule has 0 amide bonds. The first-order valence-electron chi connectivity index (χ1n) is 6.20. The van der Waals surface area contributed by atoms with Crippen molar-refractivity contribution in [2.75, 3.05) is 18.6 Å². The van der Waals surface area contributed by atoms with Crippen LogP contribution in [-0.4, -0.2) is 34.9 Å². The van der Waals surface area contributed by atoms with Crippen molar-refractivity contribution in [3.63, 3.8) is 0 Å². The molecule has 1 rings (SSSR count). The molecule has 1 aromatic carbocycles. The first-order valence-corrected chi connectivity index (χ1v) is 7.60. The second-order valence-electron chi connectivity index (χ2n) is 4.61. The Morgan fingerprint density at radius 3 is 2.56 bits per heavy atom. The molecule has 3 N–H and O–H groups in total.